The fourth-order valence-electron chi connectivity index (χ4n) is 4.50. The van der Waals surface area contributed by atoms with Crippen LogP contribution < -0.4 is 0 Å². The number of aliphatic imine (C=N–C) groups is 2. The van der Waals surface area contributed by atoms with E-state index in [0.717, 1.165) is 9.54 Å². The minimum absolute atomic E-state index is 0.0367. The van der Waals surface area contributed by atoms with Gasteiger partial charge in [-0.05, 0) is 45.2 Å². The maximum Gasteiger partial charge on any atom is 0.340 e. The van der Waals surface area contributed by atoms with Crippen molar-refractivity contribution in [3.05, 3.63) is 59.4 Å². The molecule has 11 heteroatoms. The van der Waals surface area contributed by atoms with Crippen LogP contribution in [0, 0.1) is 12.3 Å². The van der Waals surface area contributed by atoms with Gasteiger partial charge in [0.2, 0.25) is 5.90 Å². The summed E-state index contributed by atoms with van der Waals surface area (Å²) in [7, 11) is -3.87. The van der Waals surface area contributed by atoms with E-state index < -0.39 is 27.6 Å². The number of carbonyl (C=O) groups excluding carboxylic acids is 2. The lowest BCUT2D eigenvalue weighted by molar-refractivity contribution is -0.138. The predicted octanol–water partition coefficient (Wildman–Crippen LogP) is 3.74. The summed E-state index contributed by atoms with van der Waals surface area (Å²) in [5.74, 6) is -0.766. The average molecular weight is 541 g/mol. The Balaban J connectivity index is 1.69. The first-order chi connectivity index (χ1) is 17.6. The van der Waals surface area contributed by atoms with Gasteiger partial charge in [-0.1, -0.05) is 31.5 Å². The molecule has 0 saturated carbocycles. The summed E-state index contributed by atoms with van der Waals surface area (Å²) >= 11 is 0. The summed E-state index contributed by atoms with van der Waals surface area (Å²) in [5.41, 5.74) is 0.239. The standard InChI is InChI=1S/C27H32N4O6S/c1-16-7-9-19(10-8-16)38(35,36)31-14-18(28-15-31)11-20(24-30-27(5,6)25(34)37-24)29-17(2)23-21(32)12-26(3,4)13-22(23)33/h7-10,14-15,20,32H,11-13H2,1-6H3/t20-/m0/s1. The number of ether oxygens (including phenoxy) is 1. The topological polar surface area (TPSA) is 140 Å². The molecule has 0 spiro atoms. The number of benzene rings is 1. The maximum atomic E-state index is 13.1. The number of cyclic esters (lactones) is 1. The molecule has 10 nitrogen and oxygen atoms in total. The van der Waals surface area contributed by atoms with Crippen molar-refractivity contribution in [2.24, 2.45) is 15.4 Å². The third kappa shape index (κ3) is 5.47. The summed E-state index contributed by atoms with van der Waals surface area (Å²) < 4.78 is 32.6. The highest BCUT2D eigenvalue weighted by molar-refractivity contribution is 7.90. The number of aromatic nitrogens is 2. The second-order valence-electron chi connectivity index (χ2n) is 11.1. The molecule has 0 radical (unpaired) electrons. The molecule has 0 bridgehead atoms. The van der Waals surface area contributed by atoms with Crippen molar-refractivity contribution < 1.29 is 27.9 Å². The van der Waals surface area contributed by atoms with E-state index in [4.69, 9.17) is 4.74 Å². The number of esters is 1. The van der Waals surface area contributed by atoms with Crippen LogP contribution in [0.4, 0.5) is 0 Å². The van der Waals surface area contributed by atoms with E-state index in [1.165, 1.54) is 24.7 Å². The van der Waals surface area contributed by atoms with E-state index in [1.807, 2.05) is 20.8 Å². The normalized spacial score (nSPS) is 20.4. The number of hydrogen-bond donors (Lipinski definition) is 1. The maximum absolute atomic E-state index is 13.1. The zero-order valence-corrected chi connectivity index (χ0v) is 23.2. The van der Waals surface area contributed by atoms with Gasteiger partial charge in [0.1, 0.15) is 18.1 Å². The Morgan fingerprint density at radius 1 is 1.16 bits per heavy atom. The summed E-state index contributed by atoms with van der Waals surface area (Å²) in [6, 6.07) is 5.60. The third-order valence-corrected chi connectivity index (χ3v) is 8.17. The van der Waals surface area contributed by atoms with Gasteiger partial charge in [0.15, 0.2) is 11.3 Å². The van der Waals surface area contributed by atoms with E-state index in [0.29, 0.717) is 12.1 Å². The van der Waals surface area contributed by atoms with Crippen LogP contribution in [0.2, 0.25) is 0 Å². The molecule has 4 rings (SSSR count). The first kappa shape index (κ1) is 27.4. The molecule has 1 aromatic heterocycles. The van der Waals surface area contributed by atoms with Gasteiger partial charge in [-0.2, -0.15) is 0 Å². The number of aliphatic hydroxyl groups is 1. The summed E-state index contributed by atoms with van der Waals surface area (Å²) in [6.45, 7) is 10.5. The zero-order valence-electron chi connectivity index (χ0n) is 22.3. The molecular formula is C27H32N4O6S. The van der Waals surface area contributed by atoms with Crippen LogP contribution in [-0.4, -0.2) is 57.4 Å². The molecule has 1 aromatic carbocycles. The van der Waals surface area contributed by atoms with E-state index >= 15 is 0 Å². The van der Waals surface area contributed by atoms with Gasteiger partial charge in [-0.25, -0.2) is 27.2 Å². The quantitative estimate of drug-likeness (QED) is 0.417. The van der Waals surface area contributed by atoms with Crippen molar-refractivity contribution in [2.45, 2.75) is 77.3 Å². The number of nitrogens with zero attached hydrogens (tertiary/aromatic N) is 4. The lowest BCUT2D eigenvalue weighted by Crippen LogP contribution is -2.30. The van der Waals surface area contributed by atoms with E-state index in [2.05, 4.69) is 15.0 Å². The van der Waals surface area contributed by atoms with Crippen LogP contribution in [0.25, 0.3) is 0 Å². The molecule has 2 aromatic rings. The summed E-state index contributed by atoms with van der Waals surface area (Å²) in [5, 5.41) is 10.6. The Labute approximate surface area is 222 Å². The van der Waals surface area contributed by atoms with Gasteiger partial charge in [0.25, 0.3) is 10.0 Å². The zero-order chi connectivity index (χ0) is 28.0. The lowest BCUT2D eigenvalue weighted by atomic mass is 9.75. The lowest BCUT2D eigenvalue weighted by Gasteiger charge is -2.29. The first-order valence-corrected chi connectivity index (χ1v) is 13.7. The van der Waals surface area contributed by atoms with Crippen LogP contribution in [0.15, 0.2) is 63.0 Å². The number of aliphatic hydroxyl groups excluding tert-OH is 1. The van der Waals surface area contributed by atoms with E-state index in [1.54, 1.807) is 32.9 Å². The van der Waals surface area contributed by atoms with Gasteiger partial charge in [-0.3, -0.25) is 9.79 Å². The number of ketones is 1. The van der Waals surface area contributed by atoms with Gasteiger partial charge >= 0.3 is 5.97 Å². The third-order valence-electron chi connectivity index (χ3n) is 6.55. The van der Waals surface area contributed by atoms with E-state index in [9.17, 15) is 23.1 Å². The molecule has 202 valence electrons. The van der Waals surface area contributed by atoms with Crippen LogP contribution in [-0.2, 0) is 30.8 Å². The number of aryl methyl sites for hydroxylation is 1. The number of allylic oxidation sites excluding steroid dienone is 2. The van der Waals surface area contributed by atoms with Crippen molar-refractivity contribution in [3.63, 3.8) is 0 Å². The minimum Gasteiger partial charge on any atom is -0.511 e. The Morgan fingerprint density at radius 2 is 1.82 bits per heavy atom. The van der Waals surface area contributed by atoms with Crippen LogP contribution in [0.5, 0.6) is 0 Å². The highest BCUT2D eigenvalue weighted by atomic mass is 32.2. The van der Waals surface area contributed by atoms with Crippen molar-refractivity contribution in [1.82, 2.24) is 8.96 Å². The van der Waals surface area contributed by atoms with Crippen LogP contribution in [0.1, 0.15) is 58.7 Å². The molecule has 38 heavy (non-hydrogen) atoms. The Bertz CT molecular complexity index is 1490. The van der Waals surface area contributed by atoms with Gasteiger partial charge in [0, 0.05) is 31.2 Å². The monoisotopic (exact) mass is 540 g/mol. The number of hydrogen-bond acceptors (Lipinski definition) is 9. The second kappa shape index (κ2) is 9.61. The molecule has 1 aliphatic heterocycles. The van der Waals surface area contributed by atoms with Crippen LogP contribution >= 0.6 is 0 Å². The van der Waals surface area contributed by atoms with Gasteiger partial charge in [0.05, 0.1) is 16.2 Å². The molecular weight excluding hydrogens is 508 g/mol. The van der Waals surface area contributed by atoms with Crippen molar-refractivity contribution >= 4 is 33.4 Å². The Kier molecular flexibility index (Phi) is 6.94. The number of imidazole rings is 1. The summed E-state index contributed by atoms with van der Waals surface area (Å²) in [4.78, 5) is 38.6. The van der Waals surface area contributed by atoms with Crippen molar-refractivity contribution in [3.8, 4) is 0 Å². The molecule has 1 aliphatic carbocycles. The smallest absolute Gasteiger partial charge is 0.340 e. The minimum atomic E-state index is -3.87. The molecule has 0 unspecified atom stereocenters. The predicted molar refractivity (Wildman–Crippen MR) is 142 cm³/mol. The first-order valence-electron chi connectivity index (χ1n) is 12.3. The van der Waals surface area contributed by atoms with Gasteiger partial charge < -0.3 is 9.84 Å². The van der Waals surface area contributed by atoms with Crippen molar-refractivity contribution in [1.29, 1.82) is 0 Å². The molecule has 1 atom stereocenters. The van der Waals surface area contributed by atoms with Crippen molar-refractivity contribution in [2.75, 3.05) is 0 Å². The summed E-state index contributed by atoms with van der Waals surface area (Å²) in [6.07, 6.45) is 3.21. The fourth-order valence-corrected chi connectivity index (χ4v) is 5.66. The molecule has 2 aliphatic rings. The highest BCUT2D eigenvalue weighted by Gasteiger charge is 2.41. The largest absolute Gasteiger partial charge is 0.511 e. The molecule has 2 heterocycles. The van der Waals surface area contributed by atoms with Gasteiger partial charge in [-0.15, -0.1) is 0 Å². The molecule has 1 N–H and O–H groups in total. The molecule has 0 fully saturated rings. The Hall–Kier alpha value is -3.60. The SMILES string of the molecule is CC(=N[C@@H](Cc1cn(S(=O)(=O)c2ccc(C)cc2)cn1)C1=NC(C)(C)C(=O)O1)C1=C(O)CC(C)(C)CC1=O. The fraction of sp³-hybridized carbons (Fsp3) is 0.444. The number of Topliss-reactive ketones (excluding diaryl/α,β-unsaturated/α-hetero) is 1. The Morgan fingerprint density at radius 3 is 2.39 bits per heavy atom. The number of carbonyl (C=O) groups is 2. The van der Waals surface area contributed by atoms with E-state index in [-0.39, 0.29) is 51.9 Å². The molecule has 0 amide bonds. The van der Waals surface area contributed by atoms with Crippen LogP contribution in [0.3, 0.4) is 0 Å². The second-order valence-corrected chi connectivity index (χ2v) is 13.0. The molecule has 0 saturated heterocycles. The number of rotatable bonds is 7. The highest BCUT2D eigenvalue weighted by Crippen LogP contribution is 2.36. The average Bonchev–Trinajstić information content (AvgIpc) is 3.36.